The van der Waals surface area contributed by atoms with E-state index in [0.717, 1.165) is 38.9 Å². The highest BCUT2D eigenvalue weighted by Gasteiger charge is 1.91. The quantitative estimate of drug-likeness (QED) is 0.381. The molecule has 88 valence electrons. The molecule has 2 nitrogen and oxygen atoms in total. The van der Waals surface area contributed by atoms with Crippen LogP contribution in [0.5, 0.6) is 0 Å². The van der Waals surface area contributed by atoms with E-state index in [2.05, 4.69) is 19.8 Å². The van der Waals surface area contributed by atoms with Crippen molar-refractivity contribution >= 4 is 0 Å². The van der Waals surface area contributed by atoms with Gasteiger partial charge in [-0.3, -0.25) is 0 Å². The summed E-state index contributed by atoms with van der Waals surface area (Å²) < 4.78 is 5.32. The highest BCUT2D eigenvalue weighted by atomic mass is 16.5. The average Bonchev–Trinajstić information content (AvgIpc) is 2.30. The van der Waals surface area contributed by atoms with Crippen molar-refractivity contribution in [3.05, 3.63) is 12.2 Å². The SMILES string of the molecule is C#C.CCCOCCC/C=C/C(O)CC. The molecule has 0 spiro atoms. The van der Waals surface area contributed by atoms with E-state index in [1.54, 1.807) is 0 Å². The van der Waals surface area contributed by atoms with Crippen molar-refractivity contribution in [2.75, 3.05) is 13.2 Å². The second-order valence-electron chi connectivity index (χ2n) is 3.16. The van der Waals surface area contributed by atoms with Crippen LogP contribution in [-0.2, 0) is 4.74 Å². The predicted molar refractivity (Wildman–Crippen MR) is 65.7 cm³/mol. The molecule has 0 saturated heterocycles. The average molecular weight is 212 g/mol. The van der Waals surface area contributed by atoms with Gasteiger partial charge in [-0.2, -0.15) is 0 Å². The van der Waals surface area contributed by atoms with Crippen LogP contribution in [0.4, 0.5) is 0 Å². The van der Waals surface area contributed by atoms with Crippen LogP contribution in [-0.4, -0.2) is 24.4 Å². The number of unbranched alkanes of at least 4 members (excludes halogenated alkanes) is 1. The summed E-state index contributed by atoms with van der Waals surface area (Å²) in [5.41, 5.74) is 0. The van der Waals surface area contributed by atoms with Crippen molar-refractivity contribution in [3.8, 4) is 12.8 Å². The maximum atomic E-state index is 9.18. The number of rotatable bonds is 8. The monoisotopic (exact) mass is 212 g/mol. The van der Waals surface area contributed by atoms with Gasteiger partial charge in [0.15, 0.2) is 0 Å². The minimum Gasteiger partial charge on any atom is -0.389 e. The molecule has 0 aromatic heterocycles. The lowest BCUT2D eigenvalue weighted by molar-refractivity contribution is 0.133. The molecule has 2 heteroatoms. The lowest BCUT2D eigenvalue weighted by Crippen LogP contribution is -1.98. The van der Waals surface area contributed by atoms with E-state index < -0.39 is 0 Å². The normalized spacial score (nSPS) is 12.1. The van der Waals surface area contributed by atoms with E-state index in [-0.39, 0.29) is 6.10 Å². The highest BCUT2D eigenvalue weighted by molar-refractivity contribution is 4.87. The van der Waals surface area contributed by atoms with E-state index >= 15 is 0 Å². The van der Waals surface area contributed by atoms with Gasteiger partial charge in [-0.05, 0) is 25.7 Å². The third kappa shape index (κ3) is 15.9. The zero-order chi connectivity index (χ0) is 11.9. The number of aliphatic hydroxyl groups excluding tert-OH is 1. The molecule has 0 aliphatic heterocycles. The maximum Gasteiger partial charge on any atom is 0.0718 e. The first kappa shape index (κ1) is 16.6. The maximum absolute atomic E-state index is 9.18. The summed E-state index contributed by atoms with van der Waals surface area (Å²) in [6, 6.07) is 0. The summed E-state index contributed by atoms with van der Waals surface area (Å²) in [6.07, 6.45) is 15.6. The summed E-state index contributed by atoms with van der Waals surface area (Å²) in [7, 11) is 0. The fourth-order valence-electron chi connectivity index (χ4n) is 0.939. The van der Waals surface area contributed by atoms with E-state index in [4.69, 9.17) is 4.74 Å². The van der Waals surface area contributed by atoms with Crippen molar-refractivity contribution < 1.29 is 9.84 Å². The van der Waals surface area contributed by atoms with Crippen molar-refractivity contribution in [3.63, 3.8) is 0 Å². The molecule has 1 atom stereocenters. The zero-order valence-electron chi connectivity index (χ0n) is 9.98. The fourth-order valence-corrected chi connectivity index (χ4v) is 0.939. The van der Waals surface area contributed by atoms with E-state index in [0.29, 0.717) is 0 Å². The Morgan fingerprint density at radius 1 is 1.27 bits per heavy atom. The third-order valence-corrected chi connectivity index (χ3v) is 1.78. The van der Waals surface area contributed by atoms with Crippen molar-refractivity contribution in [2.24, 2.45) is 0 Å². The fraction of sp³-hybridized carbons (Fsp3) is 0.692. The molecular formula is C13H24O2. The van der Waals surface area contributed by atoms with Gasteiger partial charge in [-0.1, -0.05) is 26.0 Å². The molecule has 0 aromatic rings. The molecule has 0 bridgehead atoms. The number of hydrogen-bond acceptors (Lipinski definition) is 2. The first-order valence-corrected chi connectivity index (χ1v) is 5.57. The summed E-state index contributed by atoms with van der Waals surface area (Å²) in [6.45, 7) is 5.78. The lowest BCUT2D eigenvalue weighted by atomic mass is 10.2. The minimum absolute atomic E-state index is 0.267. The number of ether oxygens (including phenoxy) is 1. The second-order valence-corrected chi connectivity index (χ2v) is 3.16. The van der Waals surface area contributed by atoms with Gasteiger partial charge in [0, 0.05) is 13.2 Å². The Bertz CT molecular complexity index is 150. The summed E-state index contributed by atoms with van der Waals surface area (Å²) in [5.74, 6) is 0. The summed E-state index contributed by atoms with van der Waals surface area (Å²) >= 11 is 0. The standard InChI is InChI=1S/C11H22O2.C2H2/c1-3-9-13-10-7-5-6-8-11(12)4-2;1-2/h6,8,11-12H,3-5,7,9-10H2,1-2H3;1-2H/b8-6+;. The van der Waals surface area contributed by atoms with Crippen LogP contribution in [0.1, 0.15) is 39.5 Å². The Hall–Kier alpha value is -0.780. The summed E-state index contributed by atoms with van der Waals surface area (Å²) in [5, 5.41) is 9.18. The predicted octanol–water partition coefficient (Wildman–Crippen LogP) is 2.77. The molecule has 0 aliphatic rings. The molecule has 0 radical (unpaired) electrons. The van der Waals surface area contributed by atoms with E-state index in [9.17, 15) is 5.11 Å². The van der Waals surface area contributed by atoms with Crippen LogP contribution in [0.15, 0.2) is 12.2 Å². The molecule has 1 unspecified atom stereocenters. The zero-order valence-corrected chi connectivity index (χ0v) is 9.98. The van der Waals surface area contributed by atoms with Crippen LogP contribution in [0.3, 0.4) is 0 Å². The van der Waals surface area contributed by atoms with E-state index in [1.807, 2.05) is 19.1 Å². The van der Waals surface area contributed by atoms with Gasteiger partial charge >= 0.3 is 0 Å². The van der Waals surface area contributed by atoms with Gasteiger partial charge in [0.2, 0.25) is 0 Å². The second kappa shape index (κ2) is 15.7. The number of terminal acetylenes is 1. The number of aliphatic hydroxyl groups is 1. The molecule has 0 amide bonds. The molecule has 0 aliphatic carbocycles. The van der Waals surface area contributed by atoms with Crippen LogP contribution in [0.2, 0.25) is 0 Å². The largest absolute Gasteiger partial charge is 0.389 e. The molecule has 0 fully saturated rings. The van der Waals surface area contributed by atoms with Crippen LogP contribution >= 0.6 is 0 Å². The van der Waals surface area contributed by atoms with Gasteiger partial charge in [0.25, 0.3) is 0 Å². The van der Waals surface area contributed by atoms with Crippen LogP contribution in [0.25, 0.3) is 0 Å². The smallest absolute Gasteiger partial charge is 0.0718 e. The van der Waals surface area contributed by atoms with Gasteiger partial charge in [-0.15, -0.1) is 12.8 Å². The third-order valence-electron chi connectivity index (χ3n) is 1.78. The van der Waals surface area contributed by atoms with Gasteiger partial charge < -0.3 is 9.84 Å². The Morgan fingerprint density at radius 2 is 1.93 bits per heavy atom. The topological polar surface area (TPSA) is 29.5 Å². The minimum atomic E-state index is -0.267. The Balaban J connectivity index is 0. The molecule has 0 rings (SSSR count). The molecule has 0 saturated carbocycles. The first-order chi connectivity index (χ1) is 7.31. The molecule has 15 heavy (non-hydrogen) atoms. The van der Waals surface area contributed by atoms with Gasteiger partial charge in [0.05, 0.1) is 6.10 Å². The van der Waals surface area contributed by atoms with Crippen LogP contribution in [0, 0.1) is 12.8 Å². The van der Waals surface area contributed by atoms with E-state index in [1.165, 1.54) is 0 Å². The van der Waals surface area contributed by atoms with Gasteiger partial charge in [-0.25, -0.2) is 0 Å². The molecular weight excluding hydrogens is 188 g/mol. The van der Waals surface area contributed by atoms with Crippen molar-refractivity contribution in [2.45, 2.75) is 45.6 Å². The van der Waals surface area contributed by atoms with Crippen molar-refractivity contribution in [1.29, 1.82) is 0 Å². The Labute approximate surface area is 94.3 Å². The lowest BCUT2D eigenvalue weighted by Gasteiger charge is -2.00. The Morgan fingerprint density at radius 3 is 2.47 bits per heavy atom. The molecule has 0 aromatic carbocycles. The first-order valence-electron chi connectivity index (χ1n) is 5.57. The summed E-state index contributed by atoms with van der Waals surface area (Å²) in [4.78, 5) is 0. The highest BCUT2D eigenvalue weighted by Crippen LogP contribution is 1.97. The van der Waals surface area contributed by atoms with Crippen molar-refractivity contribution in [1.82, 2.24) is 0 Å². The van der Waals surface area contributed by atoms with Crippen LogP contribution < -0.4 is 0 Å². The molecule has 1 N–H and O–H groups in total. The molecule has 0 heterocycles. The Kier molecular flexibility index (Phi) is 17.4. The number of hydrogen-bond donors (Lipinski definition) is 1. The van der Waals surface area contributed by atoms with Gasteiger partial charge in [0.1, 0.15) is 0 Å². The number of allylic oxidation sites excluding steroid dienone is 1.